The maximum atomic E-state index is 11.5. The lowest BCUT2D eigenvalue weighted by Gasteiger charge is -2.22. The number of hydrogen-bond donors (Lipinski definition) is 1. The minimum atomic E-state index is -3.10. The SMILES string of the molecule is CS(=O)(=O)CCC(N)C(=O)OCC1CCCCO1. The number of carbonyl (C=O) groups is 1. The molecule has 106 valence electrons. The number of esters is 1. The maximum absolute atomic E-state index is 11.5. The molecule has 6 nitrogen and oxygen atoms in total. The molecular weight excluding hydrogens is 258 g/mol. The van der Waals surface area contributed by atoms with Crippen molar-refractivity contribution in [2.45, 2.75) is 37.8 Å². The van der Waals surface area contributed by atoms with Gasteiger partial charge in [0.25, 0.3) is 0 Å². The molecule has 1 rings (SSSR count). The quantitative estimate of drug-likeness (QED) is 0.680. The number of carbonyl (C=O) groups excluding carboxylic acids is 1. The largest absolute Gasteiger partial charge is 0.462 e. The van der Waals surface area contributed by atoms with E-state index in [1.807, 2.05) is 0 Å². The summed E-state index contributed by atoms with van der Waals surface area (Å²) < 4.78 is 32.3. The van der Waals surface area contributed by atoms with Crippen LogP contribution in [0.3, 0.4) is 0 Å². The Kier molecular flexibility index (Phi) is 6.04. The summed E-state index contributed by atoms with van der Waals surface area (Å²) in [5, 5.41) is 0. The summed E-state index contributed by atoms with van der Waals surface area (Å²) in [6.07, 6.45) is 4.14. The first-order valence-electron chi connectivity index (χ1n) is 6.10. The van der Waals surface area contributed by atoms with E-state index in [-0.39, 0.29) is 24.9 Å². The summed E-state index contributed by atoms with van der Waals surface area (Å²) >= 11 is 0. The third kappa shape index (κ3) is 6.32. The molecule has 1 fully saturated rings. The van der Waals surface area contributed by atoms with Gasteiger partial charge in [0.15, 0.2) is 0 Å². The standard InChI is InChI=1S/C11H21NO5S/c1-18(14,15)7-5-10(12)11(13)17-8-9-4-2-3-6-16-9/h9-10H,2-8,12H2,1H3. The van der Waals surface area contributed by atoms with Crippen LogP contribution in [0.25, 0.3) is 0 Å². The molecule has 1 saturated heterocycles. The Hall–Kier alpha value is -0.660. The van der Waals surface area contributed by atoms with Gasteiger partial charge in [-0.15, -0.1) is 0 Å². The van der Waals surface area contributed by atoms with Gasteiger partial charge in [-0.1, -0.05) is 0 Å². The summed E-state index contributed by atoms with van der Waals surface area (Å²) in [5.41, 5.74) is 5.56. The Morgan fingerprint density at radius 2 is 2.22 bits per heavy atom. The molecule has 0 aromatic heterocycles. The molecule has 2 unspecified atom stereocenters. The molecule has 0 spiro atoms. The predicted molar refractivity (Wildman–Crippen MR) is 66.9 cm³/mol. The van der Waals surface area contributed by atoms with Crippen molar-refractivity contribution in [3.63, 3.8) is 0 Å². The second-order valence-corrected chi connectivity index (χ2v) is 6.90. The van der Waals surface area contributed by atoms with Crippen LogP contribution in [0.5, 0.6) is 0 Å². The monoisotopic (exact) mass is 279 g/mol. The van der Waals surface area contributed by atoms with E-state index < -0.39 is 21.8 Å². The molecule has 0 radical (unpaired) electrons. The van der Waals surface area contributed by atoms with E-state index in [0.717, 1.165) is 25.5 Å². The third-order valence-corrected chi connectivity index (χ3v) is 3.77. The lowest BCUT2D eigenvalue weighted by molar-refractivity contribution is -0.150. The summed E-state index contributed by atoms with van der Waals surface area (Å²) in [6, 6.07) is -0.886. The van der Waals surface area contributed by atoms with Crippen molar-refractivity contribution in [3.05, 3.63) is 0 Å². The van der Waals surface area contributed by atoms with Gasteiger partial charge in [-0.25, -0.2) is 8.42 Å². The van der Waals surface area contributed by atoms with Crippen LogP contribution in [0.2, 0.25) is 0 Å². The highest BCUT2D eigenvalue weighted by atomic mass is 32.2. The van der Waals surface area contributed by atoms with Crippen molar-refractivity contribution in [1.82, 2.24) is 0 Å². The van der Waals surface area contributed by atoms with Gasteiger partial charge in [-0.3, -0.25) is 4.79 Å². The van der Waals surface area contributed by atoms with E-state index in [0.29, 0.717) is 6.61 Å². The highest BCUT2D eigenvalue weighted by Crippen LogP contribution is 2.13. The average Bonchev–Trinajstić information content (AvgIpc) is 2.33. The summed E-state index contributed by atoms with van der Waals surface area (Å²) in [4.78, 5) is 11.5. The minimum Gasteiger partial charge on any atom is -0.462 e. The van der Waals surface area contributed by atoms with E-state index in [1.54, 1.807) is 0 Å². The molecule has 0 aromatic carbocycles. The molecular formula is C11H21NO5S. The smallest absolute Gasteiger partial charge is 0.323 e. The van der Waals surface area contributed by atoms with Gasteiger partial charge in [0, 0.05) is 12.9 Å². The van der Waals surface area contributed by atoms with Crippen LogP contribution >= 0.6 is 0 Å². The van der Waals surface area contributed by atoms with Gasteiger partial charge in [0.1, 0.15) is 22.5 Å². The van der Waals surface area contributed by atoms with Gasteiger partial charge in [-0.05, 0) is 25.7 Å². The van der Waals surface area contributed by atoms with Gasteiger partial charge < -0.3 is 15.2 Å². The van der Waals surface area contributed by atoms with Gasteiger partial charge in [0.2, 0.25) is 0 Å². The van der Waals surface area contributed by atoms with Crippen LogP contribution in [0.15, 0.2) is 0 Å². The van der Waals surface area contributed by atoms with E-state index in [4.69, 9.17) is 15.2 Å². The van der Waals surface area contributed by atoms with Crippen LogP contribution in [0, 0.1) is 0 Å². The van der Waals surface area contributed by atoms with Gasteiger partial charge in [0.05, 0.1) is 11.9 Å². The average molecular weight is 279 g/mol. The molecule has 0 amide bonds. The Morgan fingerprint density at radius 1 is 1.50 bits per heavy atom. The van der Waals surface area contributed by atoms with E-state index in [2.05, 4.69) is 0 Å². The zero-order valence-corrected chi connectivity index (χ0v) is 11.4. The second kappa shape index (κ2) is 7.06. The molecule has 2 atom stereocenters. The Labute approximate surface area is 108 Å². The summed E-state index contributed by atoms with van der Waals surface area (Å²) in [6.45, 7) is 0.897. The molecule has 1 heterocycles. The Balaban J connectivity index is 2.22. The fraction of sp³-hybridized carbons (Fsp3) is 0.909. The number of sulfone groups is 1. The lowest BCUT2D eigenvalue weighted by atomic mass is 10.1. The Morgan fingerprint density at radius 3 is 2.78 bits per heavy atom. The zero-order valence-electron chi connectivity index (χ0n) is 10.6. The highest BCUT2D eigenvalue weighted by Gasteiger charge is 2.20. The molecule has 1 aliphatic heterocycles. The van der Waals surface area contributed by atoms with Crippen molar-refractivity contribution in [2.75, 3.05) is 25.2 Å². The number of ether oxygens (including phenoxy) is 2. The maximum Gasteiger partial charge on any atom is 0.323 e. The van der Waals surface area contributed by atoms with Crippen LogP contribution in [0.4, 0.5) is 0 Å². The van der Waals surface area contributed by atoms with Gasteiger partial charge >= 0.3 is 5.97 Å². The third-order valence-electron chi connectivity index (χ3n) is 2.79. The van der Waals surface area contributed by atoms with E-state index >= 15 is 0 Å². The van der Waals surface area contributed by atoms with Crippen molar-refractivity contribution in [3.8, 4) is 0 Å². The highest BCUT2D eigenvalue weighted by molar-refractivity contribution is 7.90. The predicted octanol–water partition coefficient (Wildman–Crippen LogP) is -0.139. The fourth-order valence-electron chi connectivity index (χ4n) is 1.68. The molecule has 0 aliphatic carbocycles. The Bertz CT molecular complexity index is 362. The van der Waals surface area contributed by atoms with Crippen molar-refractivity contribution in [2.24, 2.45) is 5.73 Å². The first-order valence-corrected chi connectivity index (χ1v) is 8.16. The minimum absolute atomic E-state index is 0.0511. The second-order valence-electron chi connectivity index (χ2n) is 4.64. The number of rotatable bonds is 6. The molecule has 0 bridgehead atoms. The van der Waals surface area contributed by atoms with Crippen LogP contribution in [0.1, 0.15) is 25.7 Å². The molecule has 1 aliphatic rings. The summed E-state index contributed by atoms with van der Waals surface area (Å²) in [5.74, 6) is -0.670. The van der Waals surface area contributed by atoms with E-state index in [1.165, 1.54) is 0 Å². The topological polar surface area (TPSA) is 95.7 Å². The molecule has 7 heteroatoms. The van der Waals surface area contributed by atoms with Crippen LogP contribution in [-0.2, 0) is 24.1 Å². The molecule has 2 N–H and O–H groups in total. The lowest BCUT2D eigenvalue weighted by Crippen LogP contribution is -2.36. The number of nitrogens with two attached hydrogens (primary N) is 1. The zero-order chi connectivity index (χ0) is 13.6. The van der Waals surface area contributed by atoms with Crippen molar-refractivity contribution in [1.29, 1.82) is 0 Å². The van der Waals surface area contributed by atoms with E-state index in [9.17, 15) is 13.2 Å². The number of hydrogen-bond acceptors (Lipinski definition) is 6. The fourth-order valence-corrected chi connectivity index (χ4v) is 2.36. The van der Waals surface area contributed by atoms with Crippen molar-refractivity contribution < 1.29 is 22.7 Å². The van der Waals surface area contributed by atoms with Crippen molar-refractivity contribution >= 4 is 15.8 Å². The first kappa shape index (κ1) is 15.4. The first-order chi connectivity index (χ1) is 8.38. The van der Waals surface area contributed by atoms with Crippen LogP contribution < -0.4 is 5.73 Å². The molecule has 18 heavy (non-hydrogen) atoms. The molecule has 0 saturated carbocycles. The van der Waals surface area contributed by atoms with Crippen LogP contribution in [-0.4, -0.2) is 51.8 Å². The summed E-state index contributed by atoms with van der Waals surface area (Å²) in [7, 11) is -3.10. The molecule has 0 aromatic rings. The van der Waals surface area contributed by atoms with Gasteiger partial charge in [-0.2, -0.15) is 0 Å². The normalized spacial score (nSPS) is 22.4.